The molecule has 7 heteroatoms. The van der Waals surface area contributed by atoms with Crippen LogP contribution >= 0.6 is 15.9 Å². The molecule has 1 amide bonds. The molecule has 5 nitrogen and oxygen atoms in total. The lowest BCUT2D eigenvalue weighted by molar-refractivity contribution is 0.0823. The Bertz CT molecular complexity index is 977. The van der Waals surface area contributed by atoms with Crippen molar-refractivity contribution in [1.29, 1.82) is 0 Å². The van der Waals surface area contributed by atoms with Crippen molar-refractivity contribution in [3.8, 4) is 0 Å². The van der Waals surface area contributed by atoms with Gasteiger partial charge in [0.1, 0.15) is 5.82 Å². The topological polar surface area (TPSA) is 39.2 Å². The minimum atomic E-state index is -0.481. The molecule has 0 bridgehead atoms. The van der Waals surface area contributed by atoms with Crippen molar-refractivity contribution in [2.75, 3.05) is 40.8 Å². The first kappa shape index (κ1) is 22.2. The number of carbonyl (C=O) groups excluding carboxylic acids is 1. The maximum Gasteiger partial charge on any atom is 0.256 e. The van der Waals surface area contributed by atoms with Crippen LogP contribution in [0.3, 0.4) is 0 Å². The van der Waals surface area contributed by atoms with E-state index in [1.807, 2.05) is 30.3 Å². The molecule has 0 saturated carbocycles. The minimum Gasteiger partial charge on any atom is -0.345 e. The number of hydrazone groups is 1. The van der Waals surface area contributed by atoms with Gasteiger partial charge in [0.2, 0.25) is 0 Å². The van der Waals surface area contributed by atoms with E-state index < -0.39 is 5.82 Å². The Morgan fingerprint density at radius 1 is 1.37 bits per heavy atom. The van der Waals surface area contributed by atoms with Crippen LogP contribution in [0, 0.1) is 5.82 Å². The molecule has 0 saturated heterocycles. The van der Waals surface area contributed by atoms with E-state index in [9.17, 15) is 9.18 Å². The van der Waals surface area contributed by atoms with Gasteiger partial charge in [-0.2, -0.15) is 5.10 Å². The average Bonchev–Trinajstić information content (AvgIpc) is 2.72. The first-order valence-corrected chi connectivity index (χ1v) is 10.5. The maximum absolute atomic E-state index is 14.5. The predicted molar refractivity (Wildman–Crippen MR) is 124 cm³/mol. The van der Waals surface area contributed by atoms with Crippen molar-refractivity contribution in [1.82, 2.24) is 14.8 Å². The molecule has 3 rings (SSSR count). The van der Waals surface area contributed by atoms with Crippen LogP contribution in [0.4, 0.5) is 4.39 Å². The summed E-state index contributed by atoms with van der Waals surface area (Å²) in [7, 11) is 5.16. The molecule has 2 heterocycles. The molecule has 1 aromatic carbocycles. The van der Waals surface area contributed by atoms with E-state index in [4.69, 9.17) is 0 Å². The van der Waals surface area contributed by atoms with Gasteiger partial charge in [0, 0.05) is 51.5 Å². The zero-order chi connectivity index (χ0) is 21.8. The second-order valence-electron chi connectivity index (χ2n) is 7.57. The number of halogens is 2. The number of nitrogens with zero attached hydrogens (tertiary/aromatic N) is 4. The van der Waals surface area contributed by atoms with E-state index in [0.717, 1.165) is 52.9 Å². The second-order valence-corrected chi connectivity index (χ2v) is 8.43. The van der Waals surface area contributed by atoms with Gasteiger partial charge in [-0.05, 0) is 47.4 Å². The fourth-order valence-corrected chi connectivity index (χ4v) is 3.60. The summed E-state index contributed by atoms with van der Waals surface area (Å²) in [6, 6.07) is 4.87. The third-order valence-electron chi connectivity index (χ3n) is 5.18. The van der Waals surface area contributed by atoms with Gasteiger partial charge in [-0.3, -0.25) is 14.7 Å². The lowest BCUT2D eigenvalue weighted by atomic mass is 9.97. The molecule has 2 aliphatic heterocycles. The molecular weight excluding hydrogens is 447 g/mol. The van der Waals surface area contributed by atoms with Crippen LogP contribution in [0.15, 0.2) is 63.9 Å². The molecule has 0 N–H and O–H groups in total. The third kappa shape index (κ3) is 5.15. The molecule has 0 aromatic heterocycles. The summed E-state index contributed by atoms with van der Waals surface area (Å²) in [6.45, 7) is 6.44. The zero-order valence-electron chi connectivity index (χ0n) is 17.5. The van der Waals surface area contributed by atoms with E-state index >= 15 is 0 Å². The molecule has 0 unspecified atom stereocenters. The normalized spacial score (nSPS) is 22.2. The number of hydrogen-bond donors (Lipinski definition) is 0. The van der Waals surface area contributed by atoms with Gasteiger partial charge in [-0.1, -0.05) is 34.7 Å². The van der Waals surface area contributed by atoms with Crippen molar-refractivity contribution in [3.05, 3.63) is 75.7 Å². The summed E-state index contributed by atoms with van der Waals surface area (Å²) in [5.41, 5.74) is 3.98. The Morgan fingerprint density at radius 2 is 2.13 bits per heavy atom. The van der Waals surface area contributed by atoms with Crippen molar-refractivity contribution >= 4 is 33.6 Å². The number of benzene rings is 1. The molecule has 0 radical (unpaired) electrons. The van der Waals surface area contributed by atoms with Crippen molar-refractivity contribution in [3.63, 3.8) is 0 Å². The Hall–Kier alpha value is -2.51. The van der Waals surface area contributed by atoms with E-state index in [1.165, 1.54) is 11.0 Å². The molecule has 1 aromatic rings. The smallest absolute Gasteiger partial charge is 0.256 e. The summed E-state index contributed by atoms with van der Waals surface area (Å²) in [5, 5.41) is 6.26. The number of amides is 1. The molecule has 30 heavy (non-hydrogen) atoms. The van der Waals surface area contributed by atoms with E-state index in [-0.39, 0.29) is 11.5 Å². The van der Waals surface area contributed by atoms with E-state index in [1.54, 1.807) is 26.4 Å². The van der Waals surface area contributed by atoms with Gasteiger partial charge in [0.25, 0.3) is 5.91 Å². The monoisotopic (exact) mass is 472 g/mol. The van der Waals surface area contributed by atoms with Gasteiger partial charge in [0.05, 0.1) is 11.3 Å². The van der Waals surface area contributed by atoms with Crippen LogP contribution in [-0.4, -0.2) is 67.7 Å². The fraction of sp³-hybridized carbons (Fsp3) is 0.304. The lowest BCUT2D eigenvalue weighted by Crippen LogP contribution is -2.33. The van der Waals surface area contributed by atoms with Crippen LogP contribution in [0.1, 0.15) is 22.3 Å². The van der Waals surface area contributed by atoms with Crippen LogP contribution in [0.5, 0.6) is 0 Å². The lowest BCUT2D eigenvalue weighted by Gasteiger charge is -2.30. The highest BCUT2D eigenvalue weighted by Gasteiger charge is 2.19. The second kappa shape index (κ2) is 9.53. The molecular formula is C23H26BrFN4O. The number of allylic oxidation sites excluding steroid dienone is 4. The van der Waals surface area contributed by atoms with Gasteiger partial charge in [-0.25, -0.2) is 4.39 Å². The number of likely N-dealkylation sites (N-methyl/N-ethyl adjacent to an activating group) is 1. The van der Waals surface area contributed by atoms with Crippen LogP contribution < -0.4 is 0 Å². The van der Waals surface area contributed by atoms with Crippen molar-refractivity contribution in [2.24, 2.45) is 5.10 Å². The standard InChI is InChI=1S/C23H26BrFN4O/c1-16-13-19(28(4)26-10-7-21(16)24)15-29-11-8-17(9-12-29)18-5-6-20(22(25)14-18)23(30)27(2)3/h5-8,10,13-14H,1,9,11-12,15H2,2-4H3/b19-13-,21-7+,26-10-. The van der Waals surface area contributed by atoms with Gasteiger partial charge in [-0.15, -0.1) is 0 Å². The third-order valence-corrected chi connectivity index (χ3v) is 5.95. The fourth-order valence-electron chi connectivity index (χ4n) is 3.37. The largest absolute Gasteiger partial charge is 0.345 e. The van der Waals surface area contributed by atoms with Crippen LogP contribution in [0.2, 0.25) is 0 Å². The number of hydrogen-bond acceptors (Lipinski definition) is 4. The first-order chi connectivity index (χ1) is 14.3. The molecule has 0 atom stereocenters. The minimum absolute atomic E-state index is 0.0991. The Labute approximate surface area is 185 Å². The predicted octanol–water partition coefficient (Wildman–Crippen LogP) is 4.27. The SMILES string of the molecule is C=C1/C=C(/CN2CC=C(c3ccc(C(=O)N(C)C)c(F)c3)CC2)N(C)/N=C\C=C/1Br. The van der Waals surface area contributed by atoms with Crippen molar-refractivity contribution < 1.29 is 9.18 Å². The summed E-state index contributed by atoms with van der Waals surface area (Å²) < 4.78 is 15.4. The summed E-state index contributed by atoms with van der Waals surface area (Å²) in [4.78, 5) is 15.7. The van der Waals surface area contributed by atoms with E-state index in [0.29, 0.717) is 0 Å². The van der Waals surface area contributed by atoms with E-state index in [2.05, 4.69) is 38.6 Å². The molecule has 0 aliphatic carbocycles. The highest BCUT2D eigenvalue weighted by atomic mass is 79.9. The summed E-state index contributed by atoms with van der Waals surface area (Å²) in [5.74, 6) is -0.809. The molecule has 158 valence electrons. The molecule has 0 spiro atoms. The first-order valence-electron chi connectivity index (χ1n) is 9.72. The quantitative estimate of drug-likeness (QED) is 0.656. The Morgan fingerprint density at radius 3 is 2.77 bits per heavy atom. The number of carbonyl (C=O) groups is 1. The van der Waals surface area contributed by atoms with Gasteiger partial charge in [0.15, 0.2) is 0 Å². The average molecular weight is 473 g/mol. The summed E-state index contributed by atoms with van der Waals surface area (Å²) >= 11 is 3.50. The van der Waals surface area contributed by atoms with Gasteiger partial charge < -0.3 is 4.90 Å². The highest BCUT2D eigenvalue weighted by Crippen LogP contribution is 2.26. The van der Waals surface area contributed by atoms with Gasteiger partial charge >= 0.3 is 0 Å². The Balaban J connectivity index is 1.70. The summed E-state index contributed by atoms with van der Waals surface area (Å²) in [6.07, 6.45) is 8.59. The molecule has 2 aliphatic rings. The van der Waals surface area contributed by atoms with Crippen LogP contribution in [0.25, 0.3) is 5.57 Å². The number of rotatable bonds is 4. The highest BCUT2D eigenvalue weighted by molar-refractivity contribution is 9.12. The Kier molecular flexibility index (Phi) is 7.05. The van der Waals surface area contributed by atoms with Crippen LogP contribution in [-0.2, 0) is 0 Å². The zero-order valence-corrected chi connectivity index (χ0v) is 19.1. The maximum atomic E-state index is 14.5. The molecule has 0 fully saturated rings. The van der Waals surface area contributed by atoms with Crippen molar-refractivity contribution in [2.45, 2.75) is 6.42 Å².